The maximum absolute atomic E-state index is 12.1. The molecule has 0 heterocycles. The molecular formula is C40H66O4. The molecule has 4 nitrogen and oxygen atoms in total. The second-order valence-corrected chi connectivity index (χ2v) is 11.2. The van der Waals surface area contributed by atoms with Crippen molar-refractivity contribution >= 4 is 5.97 Å². The SMILES string of the molecule is CC/C=C\C/C=C\C/C=C\C/C=C\C/C=C\C/C=C\CCCCCOCC(CO)OC(=O)CCCCCCC/C=C\CCC. The van der Waals surface area contributed by atoms with Gasteiger partial charge in [0.1, 0.15) is 6.10 Å². The number of carbonyl (C=O) groups is 1. The number of ether oxygens (including phenoxy) is 2. The summed E-state index contributed by atoms with van der Waals surface area (Å²) in [5.41, 5.74) is 0. The first-order valence-electron chi connectivity index (χ1n) is 17.7. The fourth-order valence-electron chi connectivity index (χ4n) is 4.33. The largest absolute Gasteiger partial charge is 0.457 e. The van der Waals surface area contributed by atoms with Crippen LogP contribution < -0.4 is 0 Å². The second-order valence-electron chi connectivity index (χ2n) is 11.2. The van der Waals surface area contributed by atoms with Crippen molar-refractivity contribution in [1.29, 1.82) is 0 Å². The topological polar surface area (TPSA) is 55.8 Å². The second kappa shape index (κ2) is 36.8. The molecule has 1 atom stereocenters. The van der Waals surface area contributed by atoms with Gasteiger partial charge in [0.05, 0.1) is 13.2 Å². The van der Waals surface area contributed by atoms with Crippen molar-refractivity contribution in [2.24, 2.45) is 0 Å². The van der Waals surface area contributed by atoms with Crippen molar-refractivity contribution in [3.63, 3.8) is 0 Å². The third-order valence-corrected chi connectivity index (χ3v) is 6.94. The van der Waals surface area contributed by atoms with E-state index < -0.39 is 6.10 Å². The molecule has 0 aliphatic rings. The number of hydrogen-bond donors (Lipinski definition) is 1. The molecule has 0 rings (SSSR count). The fourth-order valence-corrected chi connectivity index (χ4v) is 4.33. The van der Waals surface area contributed by atoms with Crippen LogP contribution in [0.15, 0.2) is 85.1 Å². The van der Waals surface area contributed by atoms with Crippen LogP contribution in [0.5, 0.6) is 0 Å². The van der Waals surface area contributed by atoms with E-state index in [0.717, 1.165) is 89.9 Å². The highest BCUT2D eigenvalue weighted by molar-refractivity contribution is 5.69. The summed E-state index contributed by atoms with van der Waals surface area (Å²) in [6, 6.07) is 0. The Kier molecular flexibility index (Phi) is 34.7. The summed E-state index contributed by atoms with van der Waals surface area (Å²) in [6.45, 7) is 5.06. The van der Waals surface area contributed by atoms with Crippen LogP contribution in [0.3, 0.4) is 0 Å². The predicted octanol–water partition coefficient (Wildman–Crippen LogP) is 11.3. The molecule has 0 aliphatic carbocycles. The van der Waals surface area contributed by atoms with Gasteiger partial charge in [-0.05, 0) is 83.5 Å². The van der Waals surface area contributed by atoms with E-state index in [9.17, 15) is 9.90 Å². The zero-order valence-electron chi connectivity index (χ0n) is 28.4. The van der Waals surface area contributed by atoms with E-state index in [4.69, 9.17) is 9.47 Å². The number of allylic oxidation sites excluding steroid dienone is 14. The Balaban J connectivity index is 3.59. The summed E-state index contributed by atoms with van der Waals surface area (Å²) in [4.78, 5) is 12.1. The first-order chi connectivity index (χ1) is 21.7. The summed E-state index contributed by atoms with van der Waals surface area (Å²) in [7, 11) is 0. The molecule has 0 saturated heterocycles. The van der Waals surface area contributed by atoms with E-state index >= 15 is 0 Å². The van der Waals surface area contributed by atoms with Crippen molar-refractivity contribution in [3.05, 3.63) is 85.1 Å². The average Bonchev–Trinajstić information content (AvgIpc) is 3.03. The molecule has 0 saturated carbocycles. The van der Waals surface area contributed by atoms with Gasteiger partial charge in [-0.25, -0.2) is 0 Å². The first-order valence-corrected chi connectivity index (χ1v) is 17.7. The Hall–Kier alpha value is -2.43. The lowest BCUT2D eigenvalue weighted by molar-refractivity contribution is -0.154. The fraction of sp³-hybridized carbons (Fsp3) is 0.625. The van der Waals surface area contributed by atoms with Crippen molar-refractivity contribution in [1.82, 2.24) is 0 Å². The monoisotopic (exact) mass is 610 g/mol. The molecule has 1 unspecified atom stereocenters. The molecule has 0 aromatic heterocycles. The molecule has 0 spiro atoms. The molecule has 0 fully saturated rings. The molecule has 0 radical (unpaired) electrons. The molecule has 0 bridgehead atoms. The van der Waals surface area contributed by atoms with Gasteiger partial charge in [-0.15, -0.1) is 0 Å². The van der Waals surface area contributed by atoms with Crippen LogP contribution in [0.1, 0.15) is 136 Å². The van der Waals surface area contributed by atoms with Gasteiger partial charge in [-0.2, -0.15) is 0 Å². The van der Waals surface area contributed by atoms with Gasteiger partial charge >= 0.3 is 5.97 Å². The van der Waals surface area contributed by atoms with Gasteiger partial charge in [-0.1, -0.05) is 131 Å². The number of esters is 1. The molecule has 250 valence electrons. The van der Waals surface area contributed by atoms with Gasteiger partial charge in [0.25, 0.3) is 0 Å². The number of carbonyl (C=O) groups excluding carboxylic acids is 1. The normalized spacial score (nSPS) is 13.4. The number of rotatable bonds is 31. The first kappa shape index (κ1) is 41.6. The molecule has 0 aliphatic heterocycles. The Morgan fingerprint density at radius 2 is 1.02 bits per heavy atom. The van der Waals surface area contributed by atoms with E-state index in [1.165, 1.54) is 25.7 Å². The highest BCUT2D eigenvalue weighted by Crippen LogP contribution is 2.10. The van der Waals surface area contributed by atoms with E-state index in [-0.39, 0.29) is 19.2 Å². The zero-order valence-corrected chi connectivity index (χ0v) is 28.4. The van der Waals surface area contributed by atoms with E-state index in [0.29, 0.717) is 13.0 Å². The van der Waals surface area contributed by atoms with Crippen LogP contribution >= 0.6 is 0 Å². The molecule has 4 heteroatoms. The minimum Gasteiger partial charge on any atom is -0.457 e. The quantitative estimate of drug-likeness (QED) is 0.0482. The molecular weight excluding hydrogens is 544 g/mol. The third-order valence-electron chi connectivity index (χ3n) is 6.94. The van der Waals surface area contributed by atoms with Crippen LogP contribution in [-0.4, -0.2) is 37.0 Å². The van der Waals surface area contributed by atoms with Gasteiger partial charge in [0.2, 0.25) is 0 Å². The lowest BCUT2D eigenvalue weighted by Crippen LogP contribution is -2.27. The number of hydrogen-bond acceptors (Lipinski definition) is 4. The van der Waals surface area contributed by atoms with Gasteiger partial charge in [0, 0.05) is 13.0 Å². The van der Waals surface area contributed by atoms with E-state index in [1.54, 1.807) is 0 Å². The minimum absolute atomic E-state index is 0.194. The molecule has 1 N–H and O–H groups in total. The average molecular weight is 611 g/mol. The molecule has 44 heavy (non-hydrogen) atoms. The third kappa shape index (κ3) is 34.1. The van der Waals surface area contributed by atoms with Gasteiger partial charge < -0.3 is 14.6 Å². The summed E-state index contributed by atoms with van der Waals surface area (Å²) in [5.74, 6) is -0.230. The predicted molar refractivity (Wildman–Crippen MR) is 191 cm³/mol. The lowest BCUT2D eigenvalue weighted by Gasteiger charge is -2.15. The van der Waals surface area contributed by atoms with E-state index in [1.807, 2.05) is 0 Å². The summed E-state index contributed by atoms with van der Waals surface area (Å²) < 4.78 is 11.0. The lowest BCUT2D eigenvalue weighted by atomic mass is 10.1. The Morgan fingerprint density at radius 3 is 1.57 bits per heavy atom. The molecule has 0 amide bonds. The Labute approximate surface area is 271 Å². The summed E-state index contributed by atoms with van der Waals surface area (Å²) >= 11 is 0. The van der Waals surface area contributed by atoms with Crippen molar-refractivity contribution < 1.29 is 19.4 Å². The van der Waals surface area contributed by atoms with Crippen LogP contribution in [0.4, 0.5) is 0 Å². The zero-order chi connectivity index (χ0) is 32.0. The maximum Gasteiger partial charge on any atom is 0.306 e. The highest BCUT2D eigenvalue weighted by atomic mass is 16.6. The number of aliphatic hydroxyl groups excluding tert-OH is 1. The summed E-state index contributed by atoms with van der Waals surface area (Å²) in [6.07, 6.45) is 50.5. The van der Waals surface area contributed by atoms with Crippen LogP contribution in [0, 0.1) is 0 Å². The van der Waals surface area contributed by atoms with Crippen molar-refractivity contribution in [2.75, 3.05) is 19.8 Å². The summed E-state index contributed by atoms with van der Waals surface area (Å²) in [5, 5.41) is 9.52. The smallest absolute Gasteiger partial charge is 0.306 e. The van der Waals surface area contributed by atoms with E-state index in [2.05, 4.69) is 98.9 Å². The molecule has 0 aromatic carbocycles. The Morgan fingerprint density at radius 1 is 0.568 bits per heavy atom. The minimum atomic E-state index is -0.559. The van der Waals surface area contributed by atoms with Crippen molar-refractivity contribution in [3.8, 4) is 0 Å². The van der Waals surface area contributed by atoms with Crippen LogP contribution in [-0.2, 0) is 14.3 Å². The van der Waals surface area contributed by atoms with Gasteiger partial charge in [0.15, 0.2) is 0 Å². The Bertz CT molecular complexity index is 815. The molecule has 0 aromatic rings. The van der Waals surface area contributed by atoms with Crippen LogP contribution in [0.25, 0.3) is 0 Å². The van der Waals surface area contributed by atoms with Gasteiger partial charge in [-0.3, -0.25) is 4.79 Å². The number of unbranched alkanes of at least 4 members (excludes halogenated alkanes) is 9. The standard InChI is InChI=1S/C40H66O4/c1-3-5-7-9-11-13-15-16-17-18-19-20-21-22-23-24-25-26-28-30-32-34-36-43-38-39(37-41)44-40(42)35-33-31-29-27-14-12-10-8-6-4-2/h5,7-8,10-11,13,16-17,19-20,22-23,25-26,39,41H,3-4,6,9,12,14-15,18,21,24,27-38H2,1-2H3/b7-5-,10-8-,13-11-,17-16-,20-19-,23-22-,26-25-. The highest BCUT2D eigenvalue weighted by Gasteiger charge is 2.13. The van der Waals surface area contributed by atoms with Crippen LogP contribution in [0.2, 0.25) is 0 Å². The number of aliphatic hydroxyl groups is 1. The van der Waals surface area contributed by atoms with Crippen molar-refractivity contribution in [2.45, 2.75) is 142 Å². The maximum atomic E-state index is 12.1.